The second-order valence-electron chi connectivity index (χ2n) is 7.85. The van der Waals surface area contributed by atoms with Gasteiger partial charge in [0.05, 0.1) is 42.2 Å². The Morgan fingerprint density at radius 3 is 2.56 bits per heavy atom. The van der Waals surface area contributed by atoms with Gasteiger partial charge in [0.25, 0.3) is 5.56 Å². The molecule has 2 heterocycles. The van der Waals surface area contributed by atoms with E-state index in [1.165, 1.54) is 23.0 Å². The van der Waals surface area contributed by atoms with Gasteiger partial charge in [-0.1, -0.05) is 39.4 Å². The monoisotopic (exact) mass is 572 g/mol. The zero-order valence-electron chi connectivity index (χ0n) is 20.2. The number of phenolic OH excluding ortho intramolecular Hbond substituents is 1. The van der Waals surface area contributed by atoms with Gasteiger partial charge < -0.3 is 19.3 Å². The molecule has 0 fully saturated rings. The number of aromatic hydroxyl groups is 1. The number of aromatic nitrogens is 1. The SMILES string of the molecule is CCOC(=O)C1=C(C)N=c2s/c(=C/c3ccc(O)cc3)c(=O)n2[C@@H]1c1cc(OC)c(OCC)cc1Br. The van der Waals surface area contributed by atoms with E-state index in [-0.39, 0.29) is 23.5 Å². The number of esters is 1. The molecule has 0 bridgehead atoms. The number of fused-ring (bicyclic) bond motifs is 1. The van der Waals surface area contributed by atoms with Crippen LogP contribution in [0.1, 0.15) is 37.9 Å². The third-order valence-corrected chi connectivity index (χ3v) is 7.25. The van der Waals surface area contributed by atoms with Crippen molar-refractivity contribution in [3.05, 3.63) is 83.0 Å². The number of phenols is 1. The second-order valence-corrected chi connectivity index (χ2v) is 9.71. The fourth-order valence-corrected chi connectivity index (χ4v) is 5.58. The first kappa shape index (κ1) is 25.7. The van der Waals surface area contributed by atoms with E-state index in [1.807, 2.05) is 6.92 Å². The van der Waals surface area contributed by atoms with Gasteiger partial charge in [-0.2, -0.15) is 0 Å². The van der Waals surface area contributed by atoms with Crippen molar-refractivity contribution in [2.45, 2.75) is 26.8 Å². The fraction of sp³-hybridized carbons (Fsp3) is 0.269. The average Bonchev–Trinajstić information content (AvgIpc) is 3.14. The first-order chi connectivity index (χ1) is 17.3. The van der Waals surface area contributed by atoms with E-state index in [1.54, 1.807) is 56.3 Å². The standard InChI is InChI=1S/C26H25BrN2O6S/c1-5-34-20-13-18(27)17(12-19(20)33-4)23-22(25(32)35-6-2)14(3)28-26-29(23)24(31)21(36-26)11-15-7-9-16(30)10-8-15/h7-13,23,30H,5-6H2,1-4H3/b21-11+/t23-/m1/s1. The topological polar surface area (TPSA) is 99.4 Å². The summed E-state index contributed by atoms with van der Waals surface area (Å²) in [4.78, 5) is 31.9. The van der Waals surface area contributed by atoms with Crippen LogP contribution in [0, 0.1) is 0 Å². The maximum Gasteiger partial charge on any atom is 0.338 e. The molecule has 0 amide bonds. The van der Waals surface area contributed by atoms with Crippen LogP contribution in [-0.2, 0) is 9.53 Å². The summed E-state index contributed by atoms with van der Waals surface area (Å²) in [5, 5.41) is 9.58. The molecule has 0 saturated heterocycles. The lowest BCUT2D eigenvalue weighted by Crippen LogP contribution is -2.40. The number of benzene rings is 2. The number of carbonyl (C=O) groups excluding carboxylic acids is 1. The molecule has 1 N–H and O–H groups in total. The largest absolute Gasteiger partial charge is 0.508 e. The molecule has 3 aromatic rings. The molecular weight excluding hydrogens is 548 g/mol. The van der Waals surface area contributed by atoms with Gasteiger partial charge in [-0.15, -0.1) is 0 Å². The van der Waals surface area contributed by atoms with Crippen molar-refractivity contribution in [3.8, 4) is 17.2 Å². The lowest BCUT2D eigenvalue weighted by Gasteiger charge is -2.26. The molecule has 1 aromatic heterocycles. The number of allylic oxidation sites excluding steroid dienone is 1. The number of hydrogen-bond donors (Lipinski definition) is 1. The summed E-state index contributed by atoms with van der Waals surface area (Å²) in [7, 11) is 1.53. The predicted octanol–water partition coefficient (Wildman–Crippen LogP) is 3.67. The summed E-state index contributed by atoms with van der Waals surface area (Å²) in [5.74, 6) is 0.599. The van der Waals surface area contributed by atoms with Crippen LogP contribution in [0.3, 0.4) is 0 Å². The zero-order chi connectivity index (χ0) is 26.0. The molecule has 2 aromatic carbocycles. The Kier molecular flexibility index (Phi) is 7.65. The van der Waals surface area contributed by atoms with Crippen LogP contribution < -0.4 is 24.4 Å². The predicted molar refractivity (Wildman–Crippen MR) is 140 cm³/mol. The molecule has 8 nitrogen and oxygen atoms in total. The summed E-state index contributed by atoms with van der Waals surface area (Å²) in [6.07, 6.45) is 1.73. The maximum atomic E-state index is 13.7. The van der Waals surface area contributed by atoms with Crippen LogP contribution in [0.2, 0.25) is 0 Å². The van der Waals surface area contributed by atoms with Gasteiger partial charge in [-0.05, 0) is 62.2 Å². The summed E-state index contributed by atoms with van der Waals surface area (Å²) >= 11 is 4.84. The molecule has 10 heteroatoms. The van der Waals surface area contributed by atoms with Crippen LogP contribution in [0.25, 0.3) is 6.08 Å². The van der Waals surface area contributed by atoms with E-state index >= 15 is 0 Å². The number of ether oxygens (including phenoxy) is 3. The highest BCUT2D eigenvalue weighted by atomic mass is 79.9. The van der Waals surface area contributed by atoms with Gasteiger partial charge in [0, 0.05) is 4.47 Å². The second kappa shape index (κ2) is 10.7. The molecule has 1 atom stereocenters. The van der Waals surface area contributed by atoms with Crippen molar-refractivity contribution >= 4 is 39.3 Å². The third kappa shape index (κ3) is 4.83. The maximum absolute atomic E-state index is 13.7. The van der Waals surface area contributed by atoms with Gasteiger partial charge in [-0.3, -0.25) is 9.36 Å². The summed E-state index contributed by atoms with van der Waals surface area (Å²) in [6.45, 7) is 5.96. The minimum atomic E-state index is -0.804. The Bertz CT molecular complexity index is 1520. The first-order valence-corrected chi connectivity index (χ1v) is 12.9. The smallest absolute Gasteiger partial charge is 0.338 e. The Balaban J connectivity index is 1.99. The van der Waals surface area contributed by atoms with Gasteiger partial charge in [-0.25, -0.2) is 9.79 Å². The van der Waals surface area contributed by atoms with Crippen molar-refractivity contribution < 1.29 is 24.1 Å². The number of nitrogens with zero attached hydrogens (tertiary/aromatic N) is 2. The van der Waals surface area contributed by atoms with E-state index in [2.05, 4.69) is 20.9 Å². The minimum absolute atomic E-state index is 0.137. The molecular formula is C26H25BrN2O6S. The van der Waals surface area contributed by atoms with E-state index < -0.39 is 12.0 Å². The Morgan fingerprint density at radius 1 is 1.19 bits per heavy atom. The summed E-state index contributed by atoms with van der Waals surface area (Å²) in [5.41, 5.74) is 1.82. The normalized spacial score (nSPS) is 15.4. The molecule has 0 aliphatic carbocycles. The first-order valence-electron chi connectivity index (χ1n) is 11.3. The van der Waals surface area contributed by atoms with Crippen molar-refractivity contribution in [1.29, 1.82) is 0 Å². The van der Waals surface area contributed by atoms with Crippen molar-refractivity contribution in [1.82, 2.24) is 4.57 Å². The van der Waals surface area contributed by atoms with Crippen molar-refractivity contribution in [2.75, 3.05) is 20.3 Å². The molecule has 1 aliphatic rings. The molecule has 0 unspecified atom stereocenters. The lowest BCUT2D eigenvalue weighted by atomic mass is 9.95. The van der Waals surface area contributed by atoms with Crippen LogP contribution in [0.4, 0.5) is 0 Å². The van der Waals surface area contributed by atoms with Crippen LogP contribution >= 0.6 is 27.3 Å². The van der Waals surface area contributed by atoms with E-state index in [0.717, 1.165) is 5.56 Å². The lowest BCUT2D eigenvalue weighted by molar-refractivity contribution is -0.139. The molecule has 188 valence electrons. The quantitative estimate of drug-likeness (QED) is 0.434. The van der Waals surface area contributed by atoms with Gasteiger partial charge in [0.2, 0.25) is 0 Å². The summed E-state index contributed by atoms with van der Waals surface area (Å²) in [6, 6.07) is 9.26. The zero-order valence-corrected chi connectivity index (χ0v) is 22.6. The Labute approximate surface area is 219 Å². The molecule has 1 aliphatic heterocycles. The molecule has 0 saturated carbocycles. The Morgan fingerprint density at radius 2 is 1.92 bits per heavy atom. The van der Waals surface area contributed by atoms with Gasteiger partial charge in [0.15, 0.2) is 16.3 Å². The highest BCUT2D eigenvalue weighted by Crippen LogP contribution is 2.41. The number of hydrogen-bond acceptors (Lipinski definition) is 8. The van der Waals surface area contributed by atoms with Crippen molar-refractivity contribution in [2.24, 2.45) is 4.99 Å². The van der Waals surface area contributed by atoms with Crippen molar-refractivity contribution in [3.63, 3.8) is 0 Å². The highest BCUT2D eigenvalue weighted by molar-refractivity contribution is 9.10. The molecule has 4 rings (SSSR count). The number of thiazole rings is 1. The molecule has 36 heavy (non-hydrogen) atoms. The number of halogens is 1. The summed E-state index contributed by atoms with van der Waals surface area (Å²) < 4.78 is 19.2. The third-order valence-electron chi connectivity index (χ3n) is 5.59. The van der Waals surface area contributed by atoms with E-state index in [4.69, 9.17) is 14.2 Å². The van der Waals surface area contributed by atoms with E-state index in [9.17, 15) is 14.7 Å². The fourth-order valence-electron chi connectivity index (χ4n) is 4.00. The van der Waals surface area contributed by atoms with E-state index in [0.29, 0.717) is 43.2 Å². The highest BCUT2D eigenvalue weighted by Gasteiger charge is 2.35. The average molecular weight is 573 g/mol. The van der Waals surface area contributed by atoms with Crippen LogP contribution in [0.15, 0.2) is 61.9 Å². The number of methoxy groups -OCH3 is 1. The molecule has 0 spiro atoms. The molecule has 0 radical (unpaired) electrons. The van der Waals surface area contributed by atoms with Gasteiger partial charge >= 0.3 is 5.97 Å². The number of carbonyl (C=O) groups is 1. The van der Waals surface area contributed by atoms with Gasteiger partial charge in [0.1, 0.15) is 5.75 Å². The van der Waals surface area contributed by atoms with Crippen LogP contribution in [0.5, 0.6) is 17.2 Å². The van der Waals surface area contributed by atoms with Crippen LogP contribution in [-0.4, -0.2) is 36.0 Å². The number of rotatable bonds is 7. The minimum Gasteiger partial charge on any atom is -0.508 e. The Hall–Kier alpha value is -3.37.